The molecule has 6 heteroatoms. The first-order chi connectivity index (χ1) is 11.0. The van der Waals surface area contributed by atoms with Gasteiger partial charge < -0.3 is 10.1 Å². The largest absolute Gasteiger partial charge is 0.481 e. The van der Waals surface area contributed by atoms with E-state index in [4.69, 9.17) is 23.2 Å². The summed E-state index contributed by atoms with van der Waals surface area (Å²) in [5.41, 5.74) is 1.61. The molecule has 0 bridgehead atoms. The van der Waals surface area contributed by atoms with Crippen molar-refractivity contribution < 1.29 is 14.7 Å². The van der Waals surface area contributed by atoms with Crippen molar-refractivity contribution in [3.05, 3.63) is 69.3 Å². The van der Waals surface area contributed by atoms with E-state index < -0.39 is 5.97 Å². The molecule has 0 radical (unpaired) electrons. The number of aromatic amines is 1. The molecule has 0 aliphatic rings. The Morgan fingerprint density at radius 1 is 1.04 bits per heavy atom. The molecule has 3 rings (SSSR count). The first-order valence-corrected chi connectivity index (χ1v) is 7.54. The third kappa shape index (κ3) is 2.83. The molecule has 0 fully saturated rings. The number of aromatic nitrogens is 1. The highest BCUT2D eigenvalue weighted by Gasteiger charge is 2.23. The average Bonchev–Trinajstić information content (AvgIpc) is 2.89. The van der Waals surface area contributed by atoms with Crippen LogP contribution in [0.4, 0.5) is 0 Å². The lowest BCUT2D eigenvalue weighted by Gasteiger charge is -2.03. The van der Waals surface area contributed by atoms with Gasteiger partial charge in [-0.15, -0.1) is 0 Å². The fourth-order valence-electron chi connectivity index (χ4n) is 2.54. The quantitative estimate of drug-likeness (QED) is 0.690. The first kappa shape index (κ1) is 15.6. The number of carbonyl (C=O) groups is 2. The van der Waals surface area contributed by atoms with Crippen molar-refractivity contribution in [1.29, 1.82) is 0 Å². The summed E-state index contributed by atoms with van der Waals surface area (Å²) in [7, 11) is 0. The molecular weight excluding hydrogens is 337 g/mol. The van der Waals surface area contributed by atoms with Gasteiger partial charge in [0.15, 0.2) is 0 Å². The number of fused-ring (bicyclic) bond motifs is 1. The summed E-state index contributed by atoms with van der Waals surface area (Å²) in [5, 5.41) is 10.2. The molecule has 0 spiro atoms. The van der Waals surface area contributed by atoms with Crippen molar-refractivity contribution >= 4 is 45.9 Å². The molecule has 0 unspecified atom stereocenters. The zero-order valence-electron chi connectivity index (χ0n) is 11.8. The average molecular weight is 348 g/mol. The Balaban J connectivity index is 2.26. The fraction of sp³-hybridized carbons (Fsp3) is 0.0588. The lowest BCUT2D eigenvalue weighted by Crippen LogP contribution is -2.08. The number of hydrogen-bond donors (Lipinski definition) is 2. The van der Waals surface area contributed by atoms with Crippen molar-refractivity contribution in [3.63, 3.8) is 0 Å². The molecule has 116 valence electrons. The van der Waals surface area contributed by atoms with Gasteiger partial charge in [0.05, 0.1) is 22.2 Å². The van der Waals surface area contributed by atoms with E-state index in [1.807, 2.05) is 0 Å². The van der Waals surface area contributed by atoms with Gasteiger partial charge >= 0.3 is 5.97 Å². The minimum Gasteiger partial charge on any atom is -0.481 e. The standard InChI is InChI=1S/C17H11Cl2NO3/c18-11-6-7-12-14(15(11)19)10(8-13(21)22)16(20-12)17(23)9-4-2-1-3-5-9/h1-7,20H,8H2,(H,21,22). The van der Waals surface area contributed by atoms with E-state index in [-0.39, 0.29) is 22.9 Å². The number of ketones is 1. The smallest absolute Gasteiger partial charge is 0.307 e. The van der Waals surface area contributed by atoms with E-state index in [9.17, 15) is 14.7 Å². The second-order valence-corrected chi connectivity index (χ2v) is 5.81. The number of nitrogens with one attached hydrogen (secondary N) is 1. The molecule has 0 amide bonds. The van der Waals surface area contributed by atoms with Crippen LogP contribution >= 0.6 is 23.2 Å². The van der Waals surface area contributed by atoms with Gasteiger partial charge in [0.1, 0.15) is 0 Å². The highest BCUT2D eigenvalue weighted by molar-refractivity contribution is 6.45. The molecule has 2 aromatic carbocycles. The number of H-pyrrole nitrogens is 1. The molecule has 1 aromatic heterocycles. The van der Waals surface area contributed by atoms with Gasteiger partial charge in [-0.05, 0) is 12.1 Å². The maximum absolute atomic E-state index is 12.7. The van der Waals surface area contributed by atoms with Gasteiger partial charge in [-0.25, -0.2) is 0 Å². The third-order valence-electron chi connectivity index (χ3n) is 3.55. The maximum atomic E-state index is 12.7. The van der Waals surface area contributed by atoms with Gasteiger partial charge in [-0.1, -0.05) is 53.5 Å². The molecule has 0 atom stereocenters. The van der Waals surface area contributed by atoms with Gasteiger partial charge in [0, 0.05) is 22.0 Å². The molecule has 3 aromatic rings. The zero-order valence-corrected chi connectivity index (χ0v) is 13.3. The van der Waals surface area contributed by atoms with Crippen molar-refractivity contribution in [2.45, 2.75) is 6.42 Å². The maximum Gasteiger partial charge on any atom is 0.307 e. The Hall–Kier alpha value is -2.30. The number of hydrogen-bond acceptors (Lipinski definition) is 2. The Morgan fingerprint density at radius 2 is 1.74 bits per heavy atom. The molecule has 0 saturated carbocycles. The summed E-state index contributed by atoms with van der Waals surface area (Å²) in [5.74, 6) is -1.34. The number of carboxylic acid groups (broad SMARTS) is 1. The highest BCUT2D eigenvalue weighted by Crippen LogP contribution is 2.35. The molecule has 2 N–H and O–H groups in total. The van der Waals surface area contributed by atoms with Gasteiger partial charge in [0.25, 0.3) is 0 Å². The summed E-state index contributed by atoms with van der Waals surface area (Å²) in [6.07, 6.45) is -0.325. The summed E-state index contributed by atoms with van der Waals surface area (Å²) in [4.78, 5) is 26.9. The van der Waals surface area contributed by atoms with Crippen LogP contribution in [-0.2, 0) is 11.2 Å². The predicted octanol–water partition coefficient (Wildman–Crippen LogP) is 4.33. The summed E-state index contributed by atoms with van der Waals surface area (Å²) in [6.45, 7) is 0. The van der Waals surface area contributed by atoms with Crippen LogP contribution in [0.3, 0.4) is 0 Å². The van der Waals surface area contributed by atoms with Crippen molar-refractivity contribution in [1.82, 2.24) is 4.98 Å². The van der Waals surface area contributed by atoms with Crippen LogP contribution in [0.1, 0.15) is 21.6 Å². The number of benzene rings is 2. The number of aliphatic carboxylic acids is 1. The van der Waals surface area contributed by atoms with Crippen LogP contribution in [0.2, 0.25) is 10.0 Å². The fourth-order valence-corrected chi connectivity index (χ4v) is 2.98. The lowest BCUT2D eigenvalue weighted by atomic mass is 10.0. The molecule has 1 heterocycles. The van der Waals surface area contributed by atoms with E-state index in [2.05, 4.69) is 4.98 Å². The minimum atomic E-state index is -1.05. The van der Waals surface area contributed by atoms with Crippen LogP contribution in [-0.4, -0.2) is 21.8 Å². The third-order valence-corrected chi connectivity index (χ3v) is 4.35. The second kappa shape index (κ2) is 6.07. The topological polar surface area (TPSA) is 70.2 Å². The van der Waals surface area contributed by atoms with Crippen molar-refractivity contribution in [2.75, 3.05) is 0 Å². The van der Waals surface area contributed by atoms with Crippen molar-refractivity contribution in [2.24, 2.45) is 0 Å². The Morgan fingerprint density at radius 3 is 2.39 bits per heavy atom. The van der Waals surface area contributed by atoms with Gasteiger partial charge in [-0.3, -0.25) is 9.59 Å². The molecule has 23 heavy (non-hydrogen) atoms. The highest BCUT2D eigenvalue weighted by atomic mass is 35.5. The Kier molecular flexibility index (Phi) is 4.11. The predicted molar refractivity (Wildman–Crippen MR) is 89.5 cm³/mol. The number of halogens is 2. The Labute approximate surface area is 141 Å². The first-order valence-electron chi connectivity index (χ1n) is 6.79. The number of carboxylic acids is 1. The molecular formula is C17H11Cl2NO3. The number of rotatable bonds is 4. The van der Waals surface area contributed by atoms with Crippen molar-refractivity contribution in [3.8, 4) is 0 Å². The van der Waals surface area contributed by atoms with Crippen LogP contribution < -0.4 is 0 Å². The monoisotopic (exact) mass is 347 g/mol. The Bertz CT molecular complexity index is 916. The zero-order chi connectivity index (χ0) is 16.6. The molecule has 0 saturated heterocycles. The lowest BCUT2D eigenvalue weighted by molar-refractivity contribution is -0.136. The normalized spacial score (nSPS) is 10.9. The van der Waals surface area contributed by atoms with Crippen LogP contribution in [0, 0.1) is 0 Å². The second-order valence-electron chi connectivity index (χ2n) is 5.03. The van der Waals surface area contributed by atoms with Crippen LogP contribution in [0.25, 0.3) is 10.9 Å². The van der Waals surface area contributed by atoms with E-state index >= 15 is 0 Å². The molecule has 4 nitrogen and oxygen atoms in total. The molecule has 0 aliphatic heterocycles. The van der Waals surface area contributed by atoms with E-state index in [0.717, 1.165) is 0 Å². The van der Waals surface area contributed by atoms with E-state index in [0.29, 0.717) is 27.1 Å². The van der Waals surface area contributed by atoms with Crippen LogP contribution in [0.15, 0.2) is 42.5 Å². The van der Waals surface area contributed by atoms with E-state index in [1.165, 1.54) is 0 Å². The van der Waals surface area contributed by atoms with Gasteiger partial charge in [-0.2, -0.15) is 0 Å². The summed E-state index contributed by atoms with van der Waals surface area (Å²) in [6, 6.07) is 11.9. The van der Waals surface area contributed by atoms with Crippen LogP contribution in [0.5, 0.6) is 0 Å². The summed E-state index contributed by atoms with van der Waals surface area (Å²) >= 11 is 12.2. The summed E-state index contributed by atoms with van der Waals surface area (Å²) < 4.78 is 0. The van der Waals surface area contributed by atoms with E-state index in [1.54, 1.807) is 42.5 Å². The SMILES string of the molecule is O=C(O)Cc1c(C(=O)c2ccccc2)[nH]c2ccc(Cl)c(Cl)c12. The molecule has 0 aliphatic carbocycles. The minimum absolute atomic E-state index is 0.220. The number of carbonyl (C=O) groups excluding carboxylic acids is 1. The van der Waals surface area contributed by atoms with Gasteiger partial charge in [0.2, 0.25) is 5.78 Å².